The first kappa shape index (κ1) is 14.5. The van der Waals surface area contributed by atoms with Crippen molar-refractivity contribution in [1.29, 1.82) is 0 Å². The van der Waals surface area contributed by atoms with Gasteiger partial charge in [0.05, 0.1) is 8.66 Å². The standard InChI is InChI=1S/C15H10BrClN2OS/c1-9-3-2-4-10(7-9)8-11(17)14-18-19-15(20-14)12-5-6-13(16)21-12/h2-8H,1H3/b11-8-. The fourth-order valence-electron chi connectivity index (χ4n) is 1.82. The fourth-order valence-corrected chi connectivity index (χ4v) is 3.33. The molecule has 6 heteroatoms. The van der Waals surface area contributed by atoms with Crippen LogP contribution in [0.1, 0.15) is 17.0 Å². The minimum atomic E-state index is 0.317. The number of thiophene rings is 1. The van der Waals surface area contributed by atoms with Crippen LogP contribution < -0.4 is 0 Å². The second-order valence-electron chi connectivity index (χ2n) is 4.42. The number of rotatable bonds is 3. The highest BCUT2D eigenvalue weighted by atomic mass is 79.9. The molecule has 0 aliphatic rings. The van der Waals surface area contributed by atoms with Gasteiger partial charge in [0.25, 0.3) is 11.8 Å². The summed E-state index contributed by atoms with van der Waals surface area (Å²) in [6.07, 6.45) is 1.82. The molecule has 3 nitrogen and oxygen atoms in total. The summed E-state index contributed by atoms with van der Waals surface area (Å²) in [5.74, 6) is 0.786. The Bertz CT molecular complexity index is 809. The Morgan fingerprint density at radius 2 is 2.14 bits per heavy atom. The maximum Gasteiger partial charge on any atom is 0.259 e. The molecule has 0 aliphatic carbocycles. The Hall–Kier alpha value is -1.43. The van der Waals surface area contributed by atoms with E-state index in [9.17, 15) is 0 Å². The second-order valence-corrected chi connectivity index (χ2v) is 7.29. The van der Waals surface area contributed by atoms with Crippen LogP contribution in [0, 0.1) is 6.92 Å². The molecule has 0 N–H and O–H groups in total. The van der Waals surface area contributed by atoms with Crippen LogP contribution in [0.25, 0.3) is 21.9 Å². The molecule has 0 saturated heterocycles. The first-order valence-electron chi connectivity index (χ1n) is 6.15. The van der Waals surface area contributed by atoms with E-state index in [-0.39, 0.29) is 0 Å². The average molecular weight is 382 g/mol. The van der Waals surface area contributed by atoms with E-state index >= 15 is 0 Å². The molecule has 3 rings (SSSR count). The first-order valence-corrected chi connectivity index (χ1v) is 8.14. The number of aryl methyl sites for hydroxylation is 1. The van der Waals surface area contributed by atoms with Crippen LogP contribution in [0.3, 0.4) is 0 Å². The molecule has 0 atom stereocenters. The summed E-state index contributed by atoms with van der Waals surface area (Å²) in [7, 11) is 0. The normalized spacial score (nSPS) is 11.9. The molecule has 2 aromatic heterocycles. The van der Waals surface area contributed by atoms with Crippen molar-refractivity contribution in [2.75, 3.05) is 0 Å². The van der Waals surface area contributed by atoms with Gasteiger partial charge in [-0.05, 0) is 46.6 Å². The van der Waals surface area contributed by atoms with Crippen molar-refractivity contribution in [3.63, 3.8) is 0 Å². The van der Waals surface area contributed by atoms with Crippen molar-refractivity contribution in [2.24, 2.45) is 0 Å². The van der Waals surface area contributed by atoms with E-state index in [1.54, 1.807) is 0 Å². The Morgan fingerprint density at radius 3 is 2.86 bits per heavy atom. The Morgan fingerprint density at radius 1 is 1.29 bits per heavy atom. The van der Waals surface area contributed by atoms with Gasteiger partial charge in [-0.25, -0.2) is 0 Å². The summed E-state index contributed by atoms with van der Waals surface area (Å²) < 4.78 is 6.63. The SMILES string of the molecule is Cc1cccc(/C=C(\Cl)c2nnc(-c3ccc(Br)s3)o2)c1. The van der Waals surface area contributed by atoms with E-state index in [0.717, 1.165) is 14.2 Å². The van der Waals surface area contributed by atoms with E-state index in [0.29, 0.717) is 16.8 Å². The molecule has 1 aromatic carbocycles. The van der Waals surface area contributed by atoms with Gasteiger partial charge in [0.2, 0.25) is 0 Å². The van der Waals surface area contributed by atoms with Crippen molar-refractivity contribution in [3.8, 4) is 10.8 Å². The predicted octanol–water partition coefficient (Wildman–Crippen LogP) is 5.61. The molecule has 0 aliphatic heterocycles. The van der Waals surface area contributed by atoms with Crippen molar-refractivity contribution >= 4 is 50.0 Å². The number of hydrogen-bond acceptors (Lipinski definition) is 4. The van der Waals surface area contributed by atoms with Gasteiger partial charge in [0, 0.05) is 0 Å². The van der Waals surface area contributed by atoms with E-state index in [1.165, 1.54) is 16.9 Å². The van der Waals surface area contributed by atoms with E-state index in [4.69, 9.17) is 16.0 Å². The van der Waals surface area contributed by atoms with E-state index < -0.39 is 0 Å². The molecule has 0 fully saturated rings. The van der Waals surface area contributed by atoms with Gasteiger partial charge in [-0.3, -0.25) is 0 Å². The first-order chi connectivity index (χ1) is 10.1. The number of nitrogens with zero attached hydrogens (tertiary/aromatic N) is 2. The zero-order chi connectivity index (χ0) is 14.8. The highest BCUT2D eigenvalue weighted by molar-refractivity contribution is 9.11. The van der Waals surface area contributed by atoms with Crippen LogP contribution >= 0.6 is 38.9 Å². The molecule has 2 heterocycles. The minimum absolute atomic E-state index is 0.317. The summed E-state index contributed by atoms with van der Waals surface area (Å²) in [5.41, 5.74) is 2.17. The van der Waals surface area contributed by atoms with Crippen molar-refractivity contribution in [2.45, 2.75) is 6.92 Å². The average Bonchev–Trinajstić information content (AvgIpc) is 3.07. The van der Waals surface area contributed by atoms with Crippen LogP contribution in [-0.2, 0) is 0 Å². The van der Waals surface area contributed by atoms with Gasteiger partial charge in [0.15, 0.2) is 0 Å². The molecule has 0 spiro atoms. The molecule has 0 amide bonds. The lowest BCUT2D eigenvalue weighted by Crippen LogP contribution is -1.79. The zero-order valence-electron chi connectivity index (χ0n) is 11.0. The van der Waals surface area contributed by atoms with Crippen LogP contribution in [0.4, 0.5) is 0 Å². The molecule has 106 valence electrons. The Kier molecular flexibility index (Phi) is 4.24. The molecular weight excluding hydrogens is 372 g/mol. The smallest absolute Gasteiger partial charge is 0.259 e. The highest BCUT2D eigenvalue weighted by Crippen LogP contribution is 2.32. The van der Waals surface area contributed by atoms with Gasteiger partial charge in [-0.2, -0.15) is 0 Å². The molecule has 21 heavy (non-hydrogen) atoms. The molecule has 0 bridgehead atoms. The molecule has 0 unspecified atom stereocenters. The summed E-state index contributed by atoms with van der Waals surface area (Å²) in [5, 5.41) is 8.45. The summed E-state index contributed by atoms with van der Waals surface area (Å²) in [6.45, 7) is 2.03. The maximum absolute atomic E-state index is 6.26. The minimum Gasteiger partial charge on any atom is -0.414 e. The second kappa shape index (κ2) is 6.13. The lowest BCUT2D eigenvalue weighted by atomic mass is 10.1. The predicted molar refractivity (Wildman–Crippen MR) is 90.2 cm³/mol. The van der Waals surface area contributed by atoms with Crippen molar-refractivity contribution in [1.82, 2.24) is 10.2 Å². The quantitative estimate of drug-likeness (QED) is 0.592. The monoisotopic (exact) mass is 380 g/mol. The van der Waals surface area contributed by atoms with Gasteiger partial charge >= 0.3 is 0 Å². The Balaban J connectivity index is 1.89. The number of hydrogen-bond donors (Lipinski definition) is 0. The zero-order valence-corrected chi connectivity index (χ0v) is 14.2. The van der Waals surface area contributed by atoms with E-state index in [2.05, 4.69) is 26.1 Å². The molecular formula is C15H10BrClN2OS. The van der Waals surface area contributed by atoms with Crippen LogP contribution in [0.2, 0.25) is 0 Å². The summed E-state index contributed by atoms with van der Waals surface area (Å²) >= 11 is 11.2. The maximum atomic E-state index is 6.26. The largest absolute Gasteiger partial charge is 0.414 e. The van der Waals surface area contributed by atoms with Gasteiger partial charge in [-0.1, -0.05) is 41.4 Å². The number of halogens is 2. The topological polar surface area (TPSA) is 38.9 Å². The highest BCUT2D eigenvalue weighted by Gasteiger charge is 2.12. The molecule has 3 aromatic rings. The summed E-state index contributed by atoms with van der Waals surface area (Å²) in [6, 6.07) is 11.9. The summed E-state index contributed by atoms with van der Waals surface area (Å²) in [4.78, 5) is 0.903. The third kappa shape index (κ3) is 3.43. The van der Waals surface area contributed by atoms with Gasteiger partial charge in [0.1, 0.15) is 5.03 Å². The third-order valence-electron chi connectivity index (χ3n) is 2.75. The Labute approximate surface area is 139 Å². The van der Waals surface area contributed by atoms with Crippen molar-refractivity contribution < 1.29 is 4.42 Å². The van der Waals surface area contributed by atoms with Crippen LogP contribution in [0.5, 0.6) is 0 Å². The molecule has 0 radical (unpaired) electrons. The number of aromatic nitrogens is 2. The number of benzene rings is 1. The fraction of sp³-hybridized carbons (Fsp3) is 0.0667. The lowest BCUT2D eigenvalue weighted by molar-refractivity contribution is 0.558. The van der Waals surface area contributed by atoms with Gasteiger partial charge in [-0.15, -0.1) is 21.5 Å². The van der Waals surface area contributed by atoms with Crippen molar-refractivity contribution in [3.05, 3.63) is 57.2 Å². The van der Waals surface area contributed by atoms with Crippen LogP contribution in [-0.4, -0.2) is 10.2 Å². The van der Waals surface area contributed by atoms with Gasteiger partial charge < -0.3 is 4.42 Å². The van der Waals surface area contributed by atoms with Crippen LogP contribution in [0.15, 0.2) is 44.6 Å². The lowest BCUT2D eigenvalue weighted by Gasteiger charge is -1.96. The third-order valence-corrected chi connectivity index (χ3v) is 4.63. The molecule has 0 saturated carbocycles. The van der Waals surface area contributed by atoms with E-state index in [1.807, 2.05) is 49.4 Å².